The van der Waals surface area contributed by atoms with Crippen LogP contribution in [0.5, 0.6) is 0 Å². The van der Waals surface area contributed by atoms with Crippen LogP contribution in [0.15, 0.2) is 22.6 Å². The number of hydrogen-bond donors (Lipinski definition) is 2. The Balaban J connectivity index is 2.23. The van der Waals surface area contributed by atoms with E-state index >= 15 is 0 Å². The summed E-state index contributed by atoms with van der Waals surface area (Å²) in [5.41, 5.74) is 8.45. The minimum Gasteiger partial charge on any atom is -0.450 e. The average Bonchev–Trinajstić information content (AvgIpc) is 2.82. The second-order valence-corrected chi connectivity index (χ2v) is 5.56. The Morgan fingerprint density at radius 3 is 2.76 bits per heavy atom. The van der Waals surface area contributed by atoms with Gasteiger partial charge in [0.15, 0.2) is 5.76 Å². The molecular weight excluding hydrogens is 264 g/mol. The number of nitrogens with one attached hydrogen (secondary N) is 1. The van der Waals surface area contributed by atoms with Gasteiger partial charge < -0.3 is 15.5 Å². The van der Waals surface area contributed by atoms with E-state index in [0.29, 0.717) is 12.3 Å². The van der Waals surface area contributed by atoms with Crippen LogP contribution in [-0.2, 0) is 0 Å². The van der Waals surface area contributed by atoms with E-state index in [4.69, 9.17) is 10.2 Å². The Hall–Kier alpha value is -1.81. The number of para-hydroxylation sites is 1. The number of fused-ring (bicyclic) bond motifs is 1. The maximum atomic E-state index is 12.4. The summed E-state index contributed by atoms with van der Waals surface area (Å²) in [7, 11) is 0. The molecule has 1 heterocycles. The number of furan rings is 1. The molecule has 0 fully saturated rings. The van der Waals surface area contributed by atoms with Crippen molar-refractivity contribution in [3.05, 3.63) is 35.1 Å². The van der Waals surface area contributed by atoms with Crippen LogP contribution >= 0.6 is 0 Å². The van der Waals surface area contributed by atoms with E-state index in [2.05, 4.69) is 12.2 Å². The molecular formula is C17H24N2O2. The molecule has 1 unspecified atom stereocenters. The minimum atomic E-state index is -0.172. The number of carbonyl (C=O) groups is 1. The van der Waals surface area contributed by atoms with Gasteiger partial charge in [-0.1, -0.05) is 38.0 Å². The molecule has 21 heavy (non-hydrogen) atoms. The maximum absolute atomic E-state index is 12.4. The fourth-order valence-corrected chi connectivity index (χ4v) is 2.55. The number of unbranched alkanes of at least 4 members (excludes halogenated alkanes) is 1. The highest BCUT2D eigenvalue weighted by Gasteiger charge is 2.20. The predicted octanol–water partition coefficient (Wildman–Crippen LogP) is 3.30. The van der Waals surface area contributed by atoms with Crippen molar-refractivity contribution in [2.24, 2.45) is 5.73 Å². The fourth-order valence-electron chi connectivity index (χ4n) is 2.55. The molecule has 0 aliphatic rings. The van der Waals surface area contributed by atoms with Crippen LogP contribution in [-0.4, -0.2) is 18.5 Å². The highest BCUT2D eigenvalue weighted by molar-refractivity contribution is 5.99. The standard InChI is InChI=1S/C17H24N2O2/c1-4-5-8-13(10-18)19-17(20)16-12(3)14-9-6-7-11(2)15(14)21-16/h6-7,9,13H,4-5,8,10,18H2,1-3H3,(H,19,20). The van der Waals surface area contributed by atoms with Gasteiger partial charge in [-0.05, 0) is 25.8 Å². The lowest BCUT2D eigenvalue weighted by atomic mass is 10.1. The third-order valence-electron chi connectivity index (χ3n) is 3.89. The first-order valence-corrected chi connectivity index (χ1v) is 7.58. The lowest BCUT2D eigenvalue weighted by molar-refractivity contribution is 0.0909. The Labute approximate surface area is 125 Å². The van der Waals surface area contributed by atoms with Crippen molar-refractivity contribution in [2.45, 2.75) is 46.1 Å². The maximum Gasteiger partial charge on any atom is 0.287 e. The molecule has 4 nitrogen and oxygen atoms in total. The Morgan fingerprint density at radius 1 is 1.38 bits per heavy atom. The lowest BCUT2D eigenvalue weighted by Crippen LogP contribution is -2.40. The van der Waals surface area contributed by atoms with Gasteiger partial charge in [0.25, 0.3) is 5.91 Å². The van der Waals surface area contributed by atoms with Gasteiger partial charge in [-0.2, -0.15) is 0 Å². The highest BCUT2D eigenvalue weighted by Crippen LogP contribution is 2.27. The smallest absolute Gasteiger partial charge is 0.287 e. The van der Waals surface area contributed by atoms with Gasteiger partial charge in [-0.15, -0.1) is 0 Å². The van der Waals surface area contributed by atoms with E-state index in [1.807, 2.05) is 32.0 Å². The van der Waals surface area contributed by atoms with Crippen molar-refractivity contribution in [1.29, 1.82) is 0 Å². The summed E-state index contributed by atoms with van der Waals surface area (Å²) in [6, 6.07) is 5.95. The SMILES string of the molecule is CCCCC(CN)NC(=O)c1oc2c(C)cccc2c1C. The molecule has 114 valence electrons. The zero-order valence-corrected chi connectivity index (χ0v) is 13.0. The number of benzene rings is 1. The molecule has 0 bridgehead atoms. The zero-order chi connectivity index (χ0) is 15.4. The first-order chi connectivity index (χ1) is 10.1. The van der Waals surface area contributed by atoms with Gasteiger partial charge in [0.05, 0.1) is 0 Å². The molecule has 1 aromatic carbocycles. The summed E-state index contributed by atoms with van der Waals surface area (Å²) < 4.78 is 5.79. The van der Waals surface area contributed by atoms with Gasteiger partial charge in [-0.25, -0.2) is 0 Å². The molecule has 1 amide bonds. The van der Waals surface area contributed by atoms with E-state index in [9.17, 15) is 4.79 Å². The van der Waals surface area contributed by atoms with Crippen molar-refractivity contribution in [3.63, 3.8) is 0 Å². The Bertz CT molecular complexity index is 631. The van der Waals surface area contributed by atoms with Crippen LogP contribution in [0.1, 0.15) is 47.9 Å². The first-order valence-electron chi connectivity index (χ1n) is 7.58. The molecule has 2 aromatic rings. The number of aryl methyl sites for hydroxylation is 2. The zero-order valence-electron chi connectivity index (χ0n) is 13.0. The number of carbonyl (C=O) groups excluding carboxylic acids is 1. The van der Waals surface area contributed by atoms with Crippen molar-refractivity contribution in [2.75, 3.05) is 6.54 Å². The van der Waals surface area contributed by atoms with E-state index in [0.717, 1.165) is 41.4 Å². The summed E-state index contributed by atoms with van der Waals surface area (Å²) in [5, 5.41) is 3.98. The summed E-state index contributed by atoms with van der Waals surface area (Å²) in [6.45, 7) is 6.48. The van der Waals surface area contributed by atoms with Crippen LogP contribution < -0.4 is 11.1 Å². The molecule has 3 N–H and O–H groups in total. The number of amides is 1. The molecule has 0 radical (unpaired) electrons. The van der Waals surface area contributed by atoms with Crippen LogP contribution in [0.4, 0.5) is 0 Å². The third-order valence-corrected chi connectivity index (χ3v) is 3.89. The number of rotatable bonds is 6. The molecule has 0 aliphatic heterocycles. The van der Waals surface area contributed by atoms with Crippen LogP contribution in [0.25, 0.3) is 11.0 Å². The van der Waals surface area contributed by atoms with E-state index in [-0.39, 0.29) is 11.9 Å². The van der Waals surface area contributed by atoms with Gasteiger partial charge >= 0.3 is 0 Å². The van der Waals surface area contributed by atoms with E-state index < -0.39 is 0 Å². The molecule has 4 heteroatoms. The van der Waals surface area contributed by atoms with Crippen LogP contribution in [0.2, 0.25) is 0 Å². The summed E-state index contributed by atoms with van der Waals surface area (Å²) >= 11 is 0. The Kier molecular flexibility index (Phi) is 5.02. The summed E-state index contributed by atoms with van der Waals surface area (Å²) in [4.78, 5) is 12.4. The molecule has 0 spiro atoms. The topological polar surface area (TPSA) is 68.3 Å². The van der Waals surface area contributed by atoms with E-state index in [1.54, 1.807) is 0 Å². The largest absolute Gasteiger partial charge is 0.450 e. The lowest BCUT2D eigenvalue weighted by Gasteiger charge is -2.15. The van der Waals surface area contributed by atoms with Gasteiger partial charge in [-0.3, -0.25) is 4.79 Å². The van der Waals surface area contributed by atoms with Crippen molar-refractivity contribution >= 4 is 16.9 Å². The number of nitrogens with two attached hydrogens (primary N) is 1. The predicted molar refractivity (Wildman–Crippen MR) is 85.5 cm³/mol. The van der Waals surface area contributed by atoms with Crippen LogP contribution in [0, 0.1) is 13.8 Å². The molecule has 1 atom stereocenters. The normalized spacial score (nSPS) is 12.6. The molecule has 0 saturated carbocycles. The molecule has 0 saturated heterocycles. The molecule has 0 aliphatic carbocycles. The fraction of sp³-hybridized carbons (Fsp3) is 0.471. The average molecular weight is 288 g/mol. The molecule has 1 aromatic heterocycles. The Morgan fingerprint density at radius 2 is 2.14 bits per heavy atom. The molecule has 2 rings (SSSR count). The summed E-state index contributed by atoms with van der Waals surface area (Å²) in [6.07, 6.45) is 3.05. The second-order valence-electron chi connectivity index (χ2n) is 5.56. The van der Waals surface area contributed by atoms with Crippen LogP contribution in [0.3, 0.4) is 0 Å². The van der Waals surface area contributed by atoms with Crippen molar-refractivity contribution < 1.29 is 9.21 Å². The quantitative estimate of drug-likeness (QED) is 0.857. The first kappa shape index (κ1) is 15.6. The van der Waals surface area contributed by atoms with Crippen molar-refractivity contribution in [3.8, 4) is 0 Å². The number of hydrogen-bond acceptors (Lipinski definition) is 3. The second kappa shape index (κ2) is 6.76. The monoisotopic (exact) mass is 288 g/mol. The van der Waals surface area contributed by atoms with Gasteiger partial charge in [0, 0.05) is 23.5 Å². The van der Waals surface area contributed by atoms with Gasteiger partial charge in [0.2, 0.25) is 0 Å². The third kappa shape index (κ3) is 3.27. The summed E-state index contributed by atoms with van der Waals surface area (Å²) in [5.74, 6) is 0.226. The van der Waals surface area contributed by atoms with E-state index in [1.165, 1.54) is 0 Å². The van der Waals surface area contributed by atoms with Crippen molar-refractivity contribution in [1.82, 2.24) is 5.32 Å². The minimum absolute atomic E-state index is 0.00570. The van der Waals surface area contributed by atoms with Gasteiger partial charge in [0.1, 0.15) is 5.58 Å². The highest BCUT2D eigenvalue weighted by atomic mass is 16.3.